The lowest BCUT2D eigenvalue weighted by atomic mass is 10.2. The number of amides is 2. The minimum absolute atomic E-state index is 0.213. The normalized spacial score (nSPS) is 14.6. The van der Waals surface area contributed by atoms with Crippen LogP contribution in [0.3, 0.4) is 0 Å². The fraction of sp³-hybridized carbons (Fsp3) is 0.450. The molecule has 1 aliphatic heterocycles. The third kappa shape index (κ3) is 5.56. The van der Waals surface area contributed by atoms with Crippen molar-refractivity contribution in [3.8, 4) is 5.75 Å². The van der Waals surface area contributed by atoms with Crippen molar-refractivity contribution in [2.75, 3.05) is 56.6 Å². The average molecular weight is 384 g/mol. The summed E-state index contributed by atoms with van der Waals surface area (Å²) in [7, 11) is 1.59. The zero-order valence-electron chi connectivity index (χ0n) is 16.5. The van der Waals surface area contributed by atoms with E-state index in [1.807, 2.05) is 31.2 Å². The van der Waals surface area contributed by atoms with E-state index < -0.39 is 0 Å². The van der Waals surface area contributed by atoms with Crippen LogP contribution >= 0.6 is 0 Å². The Balaban J connectivity index is 1.34. The summed E-state index contributed by atoms with van der Waals surface area (Å²) in [6.45, 7) is 7.36. The van der Waals surface area contributed by atoms with Crippen molar-refractivity contribution in [1.82, 2.24) is 20.2 Å². The van der Waals surface area contributed by atoms with Crippen LogP contribution in [0, 0.1) is 6.92 Å². The molecule has 1 aliphatic rings. The van der Waals surface area contributed by atoms with Crippen molar-refractivity contribution in [3.63, 3.8) is 0 Å². The molecular formula is C20H28N6O2. The molecule has 28 heavy (non-hydrogen) atoms. The highest BCUT2D eigenvalue weighted by Crippen LogP contribution is 2.24. The number of nitrogens with zero attached hydrogens (tertiary/aromatic N) is 4. The smallest absolute Gasteiger partial charge is 0.319 e. The predicted octanol–water partition coefficient (Wildman–Crippen LogP) is 2.13. The SMILES string of the molecule is COc1ccc(C)cc1NC(=O)NCCCN1CCN(c2ncccn2)CC1. The van der Waals surface area contributed by atoms with Gasteiger partial charge in [0.1, 0.15) is 5.75 Å². The first-order valence-corrected chi connectivity index (χ1v) is 9.59. The predicted molar refractivity (Wildman–Crippen MR) is 110 cm³/mol. The van der Waals surface area contributed by atoms with Crippen molar-refractivity contribution in [3.05, 3.63) is 42.2 Å². The maximum atomic E-state index is 12.1. The first-order chi connectivity index (χ1) is 13.7. The van der Waals surface area contributed by atoms with Gasteiger partial charge in [-0.2, -0.15) is 0 Å². The Labute approximate surface area is 165 Å². The minimum atomic E-state index is -0.213. The number of aryl methyl sites for hydroxylation is 1. The molecule has 1 saturated heterocycles. The quantitative estimate of drug-likeness (QED) is 0.712. The molecule has 0 spiro atoms. The largest absolute Gasteiger partial charge is 0.495 e. The molecule has 2 aromatic rings. The van der Waals surface area contributed by atoms with Crippen LogP contribution < -0.4 is 20.3 Å². The van der Waals surface area contributed by atoms with Gasteiger partial charge in [-0.1, -0.05) is 6.07 Å². The van der Waals surface area contributed by atoms with Gasteiger partial charge < -0.3 is 20.3 Å². The summed E-state index contributed by atoms with van der Waals surface area (Å²) < 4.78 is 5.28. The average Bonchev–Trinajstić information content (AvgIpc) is 2.72. The van der Waals surface area contributed by atoms with Gasteiger partial charge >= 0.3 is 6.03 Å². The molecule has 1 aromatic carbocycles. The van der Waals surface area contributed by atoms with E-state index in [0.29, 0.717) is 18.0 Å². The number of nitrogens with one attached hydrogen (secondary N) is 2. The molecule has 150 valence electrons. The van der Waals surface area contributed by atoms with Crippen LogP contribution in [0.25, 0.3) is 0 Å². The number of methoxy groups -OCH3 is 1. The molecule has 0 bridgehead atoms. The number of urea groups is 1. The summed E-state index contributed by atoms with van der Waals surface area (Å²) in [5, 5.41) is 5.77. The van der Waals surface area contributed by atoms with Crippen LogP contribution in [0.4, 0.5) is 16.4 Å². The third-order valence-corrected chi connectivity index (χ3v) is 4.75. The van der Waals surface area contributed by atoms with Crippen LogP contribution in [0.5, 0.6) is 5.75 Å². The maximum absolute atomic E-state index is 12.1. The standard InChI is InChI=1S/C20H28N6O2/c1-16-5-6-18(28-2)17(15-16)24-20(27)23-9-4-10-25-11-13-26(14-12-25)19-21-7-3-8-22-19/h3,5-8,15H,4,9-14H2,1-2H3,(H2,23,24,27). The number of piperazine rings is 1. The third-order valence-electron chi connectivity index (χ3n) is 4.75. The Kier molecular flexibility index (Phi) is 7.02. The van der Waals surface area contributed by atoms with Gasteiger partial charge in [-0.15, -0.1) is 0 Å². The zero-order valence-corrected chi connectivity index (χ0v) is 16.5. The Morgan fingerprint density at radius 2 is 1.93 bits per heavy atom. The van der Waals surface area contributed by atoms with E-state index in [1.165, 1.54) is 0 Å². The van der Waals surface area contributed by atoms with Crippen LogP contribution in [-0.2, 0) is 0 Å². The topological polar surface area (TPSA) is 82.6 Å². The Hall–Kier alpha value is -2.87. The van der Waals surface area contributed by atoms with E-state index >= 15 is 0 Å². The molecule has 0 saturated carbocycles. The second kappa shape index (κ2) is 9.89. The van der Waals surface area contributed by atoms with E-state index in [2.05, 4.69) is 30.4 Å². The molecule has 2 N–H and O–H groups in total. The second-order valence-electron chi connectivity index (χ2n) is 6.82. The van der Waals surface area contributed by atoms with Gasteiger partial charge in [-0.25, -0.2) is 14.8 Å². The van der Waals surface area contributed by atoms with E-state index in [4.69, 9.17) is 4.74 Å². The van der Waals surface area contributed by atoms with Crippen LogP contribution in [-0.4, -0.2) is 67.3 Å². The number of anilines is 2. The summed E-state index contributed by atoms with van der Waals surface area (Å²) in [4.78, 5) is 25.4. The Morgan fingerprint density at radius 1 is 1.18 bits per heavy atom. The molecule has 8 nitrogen and oxygen atoms in total. The summed E-state index contributed by atoms with van der Waals surface area (Å²) in [5.74, 6) is 1.45. The maximum Gasteiger partial charge on any atom is 0.319 e. The molecule has 8 heteroatoms. The van der Waals surface area contributed by atoms with Crippen LogP contribution in [0.15, 0.2) is 36.7 Å². The summed E-state index contributed by atoms with van der Waals surface area (Å²) in [6, 6.07) is 7.32. The molecule has 1 aromatic heterocycles. The number of ether oxygens (including phenoxy) is 1. The molecular weight excluding hydrogens is 356 g/mol. The van der Waals surface area contributed by atoms with E-state index in [0.717, 1.165) is 50.7 Å². The van der Waals surface area contributed by atoms with Gasteiger partial charge in [0.15, 0.2) is 0 Å². The van der Waals surface area contributed by atoms with E-state index in [1.54, 1.807) is 19.5 Å². The minimum Gasteiger partial charge on any atom is -0.495 e. The van der Waals surface area contributed by atoms with Crippen molar-refractivity contribution in [1.29, 1.82) is 0 Å². The number of benzene rings is 1. The van der Waals surface area contributed by atoms with Gasteiger partial charge in [-0.05, 0) is 43.7 Å². The number of rotatable bonds is 7. The van der Waals surface area contributed by atoms with Gasteiger partial charge in [0.05, 0.1) is 12.8 Å². The van der Waals surface area contributed by atoms with Gasteiger partial charge in [0.2, 0.25) is 5.95 Å². The second-order valence-corrected chi connectivity index (χ2v) is 6.82. The molecule has 0 unspecified atom stereocenters. The molecule has 0 atom stereocenters. The number of carbonyl (C=O) groups excluding carboxylic acids is 1. The molecule has 2 amide bonds. The fourth-order valence-corrected chi connectivity index (χ4v) is 3.22. The number of aromatic nitrogens is 2. The highest BCUT2D eigenvalue weighted by atomic mass is 16.5. The number of carbonyl (C=O) groups is 1. The van der Waals surface area contributed by atoms with E-state index in [-0.39, 0.29) is 6.03 Å². The highest BCUT2D eigenvalue weighted by molar-refractivity contribution is 5.91. The molecule has 0 radical (unpaired) electrons. The van der Waals surface area contributed by atoms with Crippen molar-refractivity contribution < 1.29 is 9.53 Å². The van der Waals surface area contributed by atoms with Crippen molar-refractivity contribution in [2.45, 2.75) is 13.3 Å². The summed E-state index contributed by atoms with van der Waals surface area (Å²) in [6.07, 6.45) is 4.45. The first kappa shape index (κ1) is 19.9. The van der Waals surface area contributed by atoms with Crippen molar-refractivity contribution in [2.24, 2.45) is 0 Å². The lowest BCUT2D eigenvalue weighted by Crippen LogP contribution is -2.47. The summed E-state index contributed by atoms with van der Waals surface area (Å²) >= 11 is 0. The van der Waals surface area contributed by atoms with E-state index in [9.17, 15) is 4.79 Å². The van der Waals surface area contributed by atoms with Crippen LogP contribution in [0.2, 0.25) is 0 Å². The Bertz CT molecular complexity index is 763. The molecule has 2 heterocycles. The molecule has 1 fully saturated rings. The van der Waals surface area contributed by atoms with Crippen molar-refractivity contribution >= 4 is 17.7 Å². The number of hydrogen-bond acceptors (Lipinski definition) is 6. The molecule has 0 aliphatic carbocycles. The monoisotopic (exact) mass is 384 g/mol. The van der Waals surface area contributed by atoms with Gasteiger partial charge in [0.25, 0.3) is 0 Å². The lowest BCUT2D eigenvalue weighted by Gasteiger charge is -2.34. The molecule has 3 rings (SSSR count). The van der Waals surface area contributed by atoms with Gasteiger partial charge in [-0.3, -0.25) is 4.90 Å². The zero-order chi connectivity index (χ0) is 19.8. The van der Waals surface area contributed by atoms with Crippen LogP contribution in [0.1, 0.15) is 12.0 Å². The fourth-order valence-electron chi connectivity index (χ4n) is 3.22. The first-order valence-electron chi connectivity index (χ1n) is 9.59. The Morgan fingerprint density at radius 3 is 2.64 bits per heavy atom. The number of hydrogen-bond donors (Lipinski definition) is 2. The highest BCUT2D eigenvalue weighted by Gasteiger charge is 2.18. The van der Waals surface area contributed by atoms with Gasteiger partial charge in [0, 0.05) is 45.1 Å². The summed E-state index contributed by atoms with van der Waals surface area (Å²) in [5.41, 5.74) is 1.75. The lowest BCUT2D eigenvalue weighted by molar-refractivity contribution is 0.243.